The standard InChI is InChI=1S/C17H23F3N2O2/c1-24-11-8-16(15(21)23)6-9-22(10-7-16)12-13-2-4-14(5-3-13)17(18,19)20/h2-5H,6-12H2,1H3,(H2,21,23). The highest BCUT2D eigenvalue weighted by Gasteiger charge is 2.39. The van der Waals surface area contributed by atoms with Crippen LogP contribution in [0.15, 0.2) is 24.3 Å². The van der Waals surface area contributed by atoms with Gasteiger partial charge < -0.3 is 10.5 Å². The Labute approximate surface area is 139 Å². The smallest absolute Gasteiger partial charge is 0.385 e. The molecule has 1 heterocycles. The summed E-state index contributed by atoms with van der Waals surface area (Å²) in [5.41, 5.74) is 5.23. The average Bonchev–Trinajstić information content (AvgIpc) is 2.54. The molecule has 0 aromatic heterocycles. The molecule has 2 N–H and O–H groups in total. The van der Waals surface area contributed by atoms with Crippen LogP contribution in [0.25, 0.3) is 0 Å². The van der Waals surface area contributed by atoms with Crippen molar-refractivity contribution in [1.82, 2.24) is 4.90 Å². The fourth-order valence-corrected chi connectivity index (χ4v) is 3.11. The molecule has 1 aliphatic heterocycles. The van der Waals surface area contributed by atoms with E-state index >= 15 is 0 Å². The molecule has 0 unspecified atom stereocenters. The van der Waals surface area contributed by atoms with Gasteiger partial charge in [0.2, 0.25) is 5.91 Å². The molecule has 1 saturated heterocycles. The van der Waals surface area contributed by atoms with E-state index in [1.807, 2.05) is 0 Å². The minimum Gasteiger partial charge on any atom is -0.385 e. The highest BCUT2D eigenvalue weighted by Crippen LogP contribution is 2.35. The fraction of sp³-hybridized carbons (Fsp3) is 0.588. The number of carbonyl (C=O) groups excluding carboxylic acids is 1. The number of rotatable bonds is 6. The third-order valence-corrected chi connectivity index (χ3v) is 4.81. The molecular weight excluding hydrogens is 321 g/mol. The van der Waals surface area contributed by atoms with Crippen LogP contribution in [0.3, 0.4) is 0 Å². The lowest BCUT2D eigenvalue weighted by Gasteiger charge is -2.39. The molecule has 1 aromatic carbocycles. The normalized spacial score (nSPS) is 18.5. The lowest BCUT2D eigenvalue weighted by atomic mass is 9.75. The monoisotopic (exact) mass is 344 g/mol. The number of likely N-dealkylation sites (tertiary alicyclic amines) is 1. The second-order valence-electron chi connectivity index (χ2n) is 6.36. The number of hydrogen-bond acceptors (Lipinski definition) is 3. The van der Waals surface area contributed by atoms with Crippen LogP contribution in [-0.4, -0.2) is 37.6 Å². The van der Waals surface area contributed by atoms with E-state index in [4.69, 9.17) is 10.5 Å². The quantitative estimate of drug-likeness (QED) is 0.863. The molecular formula is C17H23F3N2O2. The van der Waals surface area contributed by atoms with Gasteiger partial charge in [0.25, 0.3) is 0 Å². The number of methoxy groups -OCH3 is 1. The van der Waals surface area contributed by atoms with Crippen LogP contribution in [0.1, 0.15) is 30.4 Å². The maximum Gasteiger partial charge on any atom is 0.416 e. The first-order valence-corrected chi connectivity index (χ1v) is 7.94. The average molecular weight is 344 g/mol. The van der Waals surface area contributed by atoms with Crippen LogP contribution in [0.4, 0.5) is 13.2 Å². The SMILES string of the molecule is COCCC1(C(N)=O)CCN(Cc2ccc(C(F)(F)F)cc2)CC1. The lowest BCUT2D eigenvalue weighted by molar-refractivity contribution is -0.137. The predicted octanol–water partition coefficient (Wildman–Crippen LogP) is 2.81. The number of piperidine rings is 1. The van der Waals surface area contributed by atoms with Crippen LogP contribution < -0.4 is 5.73 Å². The summed E-state index contributed by atoms with van der Waals surface area (Å²) in [7, 11) is 1.59. The van der Waals surface area contributed by atoms with E-state index in [0.29, 0.717) is 45.5 Å². The summed E-state index contributed by atoms with van der Waals surface area (Å²) < 4.78 is 42.8. The fourth-order valence-electron chi connectivity index (χ4n) is 3.11. The van der Waals surface area contributed by atoms with Gasteiger partial charge in [-0.2, -0.15) is 13.2 Å². The molecule has 1 fully saturated rings. The first-order chi connectivity index (χ1) is 11.3. The topological polar surface area (TPSA) is 55.6 Å². The number of benzene rings is 1. The molecule has 1 aromatic rings. The zero-order valence-electron chi connectivity index (χ0n) is 13.7. The molecule has 1 aliphatic rings. The summed E-state index contributed by atoms with van der Waals surface area (Å²) in [6, 6.07) is 5.21. The zero-order chi connectivity index (χ0) is 17.8. The Bertz CT molecular complexity index is 550. The van der Waals surface area contributed by atoms with Gasteiger partial charge in [0.1, 0.15) is 0 Å². The summed E-state index contributed by atoms with van der Waals surface area (Å²) in [5.74, 6) is -0.297. The number of hydrogen-bond donors (Lipinski definition) is 1. The number of amides is 1. The predicted molar refractivity (Wildman–Crippen MR) is 84.1 cm³/mol. The van der Waals surface area contributed by atoms with Gasteiger partial charge in [-0.15, -0.1) is 0 Å². The number of nitrogens with zero attached hydrogens (tertiary/aromatic N) is 1. The Morgan fingerprint density at radius 3 is 2.29 bits per heavy atom. The molecule has 0 aliphatic carbocycles. The van der Waals surface area contributed by atoms with Crippen molar-refractivity contribution in [2.24, 2.45) is 11.1 Å². The van der Waals surface area contributed by atoms with Crippen molar-refractivity contribution in [3.05, 3.63) is 35.4 Å². The first kappa shape index (κ1) is 18.7. The first-order valence-electron chi connectivity index (χ1n) is 7.94. The highest BCUT2D eigenvalue weighted by atomic mass is 19.4. The third kappa shape index (κ3) is 4.48. The molecule has 2 rings (SSSR count). The Morgan fingerprint density at radius 1 is 1.25 bits per heavy atom. The van der Waals surface area contributed by atoms with E-state index in [-0.39, 0.29) is 5.91 Å². The van der Waals surface area contributed by atoms with Crippen molar-refractivity contribution < 1.29 is 22.7 Å². The minimum absolute atomic E-state index is 0.297. The number of carbonyl (C=O) groups is 1. The van der Waals surface area contributed by atoms with E-state index < -0.39 is 17.2 Å². The summed E-state index contributed by atoms with van der Waals surface area (Å²) in [4.78, 5) is 14.0. The maximum absolute atomic E-state index is 12.6. The molecule has 24 heavy (non-hydrogen) atoms. The summed E-state index contributed by atoms with van der Waals surface area (Å²) >= 11 is 0. The van der Waals surface area contributed by atoms with Crippen molar-refractivity contribution in [3.63, 3.8) is 0 Å². The molecule has 0 spiro atoms. The van der Waals surface area contributed by atoms with Crippen molar-refractivity contribution >= 4 is 5.91 Å². The lowest BCUT2D eigenvalue weighted by Crippen LogP contribution is -2.47. The molecule has 7 heteroatoms. The Morgan fingerprint density at radius 2 is 1.83 bits per heavy atom. The van der Waals surface area contributed by atoms with Crippen LogP contribution in [-0.2, 0) is 22.3 Å². The van der Waals surface area contributed by atoms with Gasteiger partial charge in [-0.3, -0.25) is 9.69 Å². The molecule has 0 atom stereocenters. The highest BCUT2D eigenvalue weighted by molar-refractivity contribution is 5.81. The van der Waals surface area contributed by atoms with Crippen molar-refractivity contribution in [1.29, 1.82) is 0 Å². The number of alkyl halides is 3. The molecule has 0 radical (unpaired) electrons. The van der Waals surface area contributed by atoms with Gasteiger partial charge in [0.05, 0.1) is 11.0 Å². The van der Waals surface area contributed by atoms with Gasteiger partial charge in [-0.1, -0.05) is 12.1 Å². The van der Waals surface area contributed by atoms with Gasteiger partial charge in [0.15, 0.2) is 0 Å². The van der Waals surface area contributed by atoms with E-state index in [1.165, 1.54) is 12.1 Å². The van der Waals surface area contributed by atoms with Crippen LogP contribution in [0, 0.1) is 5.41 Å². The van der Waals surface area contributed by atoms with Crippen molar-refractivity contribution in [3.8, 4) is 0 Å². The van der Waals surface area contributed by atoms with Crippen LogP contribution in [0.5, 0.6) is 0 Å². The largest absolute Gasteiger partial charge is 0.416 e. The van der Waals surface area contributed by atoms with Crippen molar-refractivity contribution in [2.75, 3.05) is 26.8 Å². The molecule has 1 amide bonds. The van der Waals surface area contributed by atoms with Crippen molar-refractivity contribution in [2.45, 2.75) is 32.0 Å². The number of halogens is 3. The van der Waals surface area contributed by atoms with E-state index in [0.717, 1.165) is 17.7 Å². The van der Waals surface area contributed by atoms with E-state index in [2.05, 4.69) is 4.90 Å². The van der Waals surface area contributed by atoms with Gasteiger partial charge >= 0.3 is 6.18 Å². The second kappa shape index (κ2) is 7.53. The molecule has 4 nitrogen and oxygen atoms in total. The molecule has 0 bridgehead atoms. The number of ether oxygens (including phenoxy) is 1. The van der Waals surface area contributed by atoms with Crippen LogP contribution >= 0.6 is 0 Å². The Kier molecular flexibility index (Phi) is 5.87. The summed E-state index contributed by atoms with van der Waals surface area (Å²) in [6.45, 7) is 2.43. The molecule has 0 saturated carbocycles. The van der Waals surface area contributed by atoms with Gasteiger partial charge in [0, 0.05) is 20.3 Å². The third-order valence-electron chi connectivity index (χ3n) is 4.81. The number of nitrogens with two attached hydrogens (primary N) is 1. The van der Waals surface area contributed by atoms with E-state index in [1.54, 1.807) is 7.11 Å². The Balaban J connectivity index is 1.93. The summed E-state index contributed by atoms with van der Waals surface area (Å²) in [6.07, 6.45) is -2.42. The van der Waals surface area contributed by atoms with Crippen LogP contribution in [0.2, 0.25) is 0 Å². The minimum atomic E-state index is -4.31. The maximum atomic E-state index is 12.6. The van der Waals surface area contributed by atoms with Gasteiger partial charge in [-0.05, 0) is 50.0 Å². The van der Waals surface area contributed by atoms with E-state index in [9.17, 15) is 18.0 Å². The second-order valence-corrected chi connectivity index (χ2v) is 6.36. The molecule has 134 valence electrons. The number of primary amides is 1. The summed E-state index contributed by atoms with van der Waals surface area (Å²) in [5, 5.41) is 0. The Hall–Kier alpha value is -1.60. The van der Waals surface area contributed by atoms with Gasteiger partial charge in [-0.25, -0.2) is 0 Å². The zero-order valence-corrected chi connectivity index (χ0v) is 13.7.